The van der Waals surface area contributed by atoms with Crippen molar-refractivity contribution in [3.8, 4) is 5.75 Å². The van der Waals surface area contributed by atoms with Gasteiger partial charge in [0.05, 0.1) is 29.5 Å². The summed E-state index contributed by atoms with van der Waals surface area (Å²) in [6.45, 7) is 2.68. The highest BCUT2D eigenvalue weighted by atomic mass is 32.1. The van der Waals surface area contributed by atoms with Crippen LogP contribution < -0.4 is 10.1 Å². The number of halogens is 1. The quantitative estimate of drug-likeness (QED) is 0.881. The van der Waals surface area contributed by atoms with E-state index in [0.717, 1.165) is 24.2 Å². The molecule has 0 atom stereocenters. The second-order valence-electron chi connectivity index (χ2n) is 5.38. The van der Waals surface area contributed by atoms with Crippen molar-refractivity contribution < 1.29 is 9.13 Å². The number of hydrogen-bond donors (Lipinski definition) is 1. The van der Waals surface area contributed by atoms with Gasteiger partial charge in [-0.25, -0.2) is 9.37 Å². The molecule has 1 heterocycles. The minimum atomic E-state index is -0.262. The summed E-state index contributed by atoms with van der Waals surface area (Å²) in [6, 6.07) is 4.68. The summed E-state index contributed by atoms with van der Waals surface area (Å²) in [5, 5.41) is 3.34. The van der Waals surface area contributed by atoms with Gasteiger partial charge in [-0.1, -0.05) is 0 Å². The molecule has 1 aliphatic carbocycles. The van der Waals surface area contributed by atoms with Crippen molar-refractivity contribution >= 4 is 17.0 Å². The van der Waals surface area contributed by atoms with E-state index < -0.39 is 0 Å². The lowest BCUT2D eigenvalue weighted by Crippen LogP contribution is -2.12. The van der Waals surface area contributed by atoms with Crippen LogP contribution in [-0.2, 0) is 6.54 Å². The van der Waals surface area contributed by atoms with E-state index in [1.165, 1.54) is 29.9 Å². The summed E-state index contributed by atoms with van der Waals surface area (Å²) in [5.41, 5.74) is 3.72. The highest BCUT2D eigenvalue weighted by Gasteiger charge is 2.18. The van der Waals surface area contributed by atoms with Crippen molar-refractivity contribution in [3.63, 3.8) is 0 Å². The fourth-order valence-electron chi connectivity index (χ4n) is 2.60. The largest absolute Gasteiger partial charge is 0.488 e. The van der Waals surface area contributed by atoms with Gasteiger partial charge in [-0.3, -0.25) is 0 Å². The molecule has 1 saturated carbocycles. The van der Waals surface area contributed by atoms with Crippen molar-refractivity contribution in [2.24, 2.45) is 0 Å². The molecule has 1 fully saturated rings. The predicted molar refractivity (Wildman–Crippen MR) is 83.5 cm³/mol. The third-order valence-corrected chi connectivity index (χ3v) is 4.76. The Morgan fingerprint density at radius 3 is 2.90 bits per heavy atom. The van der Waals surface area contributed by atoms with Crippen molar-refractivity contribution in [2.45, 2.75) is 45.3 Å². The molecular weight excluding hydrogens is 287 g/mol. The van der Waals surface area contributed by atoms with E-state index in [9.17, 15) is 4.39 Å². The molecule has 1 aliphatic rings. The Bertz CT molecular complexity index is 608. The lowest BCUT2D eigenvalue weighted by Gasteiger charge is -2.17. The number of aromatic nitrogens is 1. The molecule has 0 bridgehead atoms. The van der Waals surface area contributed by atoms with Gasteiger partial charge < -0.3 is 10.1 Å². The fourth-order valence-corrected chi connectivity index (χ4v) is 3.31. The molecule has 1 N–H and O–H groups in total. The van der Waals surface area contributed by atoms with Crippen LogP contribution >= 0.6 is 11.3 Å². The van der Waals surface area contributed by atoms with Gasteiger partial charge in [0.2, 0.25) is 0 Å². The van der Waals surface area contributed by atoms with Gasteiger partial charge in [-0.15, -0.1) is 11.3 Å². The van der Waals surface area contributed by atoms with Gasteiger partial charge in [0.1, 0.15) is 11.6 Å². The molecule has 2 aromatic rings. The number of aryl methyl sites for hydroxylation is 1. The zero-order valence-corrected chi connectivity index (χ0v) is 12.9. The van der Waals surface area contributed by atoms with E-state index in [1.807, 2.05) is 12.4 Å². The van der Waals surface area contributed by atoms with Crippen LogP contribution in [0, 0.1) is 12.7 Å². The molecule has 3 nitrogen and oxygen atoms in total. The number of nitrogens with zero attached hydrogens (tertiary/aromatic N) is 1. The highest BCUT2D eigenvalue weighted by Crippen LogP contribution is 2.31. The van der Waals surface area contributed by atoms with Gasteiger partial charge in [-0.05, 0) is 44.7 Å². The highest BCUT2D eigenvalue weighted by molar-refractivity contribution is 7.09. The van der Waals surface area contributed by atoms with Crippen LogP contribution in [0.4, 0.5) is 10.1 Å². The summed E-state index contributed by atoms with van der Waals surface area (Å²) < 4.78 is 19.5. The van der Waals surface area contributed by atoms with Crippen molar-refractivity contribution in [1.29, 1.82) is 0 Å². The number of benzene rings is 1. The second-order valence-corrected chi connectivity index (χ2v) is 6.32. The van der Waals surface area contributed by atoms with Gasteiger partial charge in [0, 0.05) is 10.9 Å². The Labute approximate surface area is 128 Å². The number of nitrogens with one attached hydrogen (secondary N) is 1. The summed E-state index contributed by atoms with van der Waals surface area (Å²) in [7, 11) is 0. The van der Waals surface area contributed by atoms with Crippen LogP contribution in [0.15, 0.2) is 23.7 Å². The molecule has 0 spiro atoms. The first kappa shape index (κ1) is 14.3. The third kappa shape index (κ3) is 3.53. The fraction of sp³-hybridized carbons (Fsp3) is 0.438. The monoisotopic (exact) mass is 306 g/mol. The first-order valence-corrected chi connectivity index (χ1v) is 8.19. The van der Waals surface area contributed by atoms with Gasteiger partial charge >= 0.3 is 0 Å². The smallest absolute Gasteiger partial charge is 0.145 e. The third-order valence-electron chi connectivity index (χ3n) is 3.82. The van der Waals surface area contributed by atoms with Gasteiger partial charge in [0.25, 0.3) is 0 Å². The van der Waals surface area contributed by atoms with Crippen LogP contribution in [0.25, 0.3) is 0 Å². The van der Waals surface area contributed by atoms with E-state index in [2.05, 4.69) is 10.3 Å². The van der Waals surface area contributed by atoms with Gasteiger partial charge in [0.15, 0.2) is 0 Å². The molecule has 1 aromatic heterocycles. The molecule has 21 heavy (non-hydrogen) atoms. The average Bonchev–Trinajstić information content (AvgIpc) is 3.10. The van der Waals surface area contributed by atoms with Crippen LogP contribution in [0.5, 0.6) is 5.75 Å². The normalized spacial score (nSPS) is 15.3. The first-order valence-electron chi connectivity index (χ1n) is 7.31. The molecule has 0 amide bonds. The number of thiazole rings is 1. The van der Waals surface area contributed by atoms with E-state index in [1.54, 1.807) is 17.4 Å². The zero-order valence-electron chi connectivity index (χ0n) is 12.1. The number of hydrogen-bond acceptors (Lipinski definition) is 4. The summed E-state index contributed by atoms with van der Waals surface area (Å²) >= 11 is 1.62. The van der Waals surface area contributed by atoms with Crippen molar-refractivity contribution in [1.82, 2.24) is 4.98 Å². The van der Waals surface area contributed by atoms with E-state index >= 15 is 0 Å². The van der Waals surface area contributed by atoms with Crippen LogP contribution in [0.1, 0.15) is 36.3 Å². The molecule has 1 aromatic carbocycles. The number of ether oxygens (including phenoxy) is 1. The van der Waals surface area contributed by atoms with Crippen molar-refractivity contribution in [2.75, 3.05) is 5.32 Å². The maximum absolute atomic E-state index is 13.5. The zero-order chi connectivity index (χ0) is 14.7. The molecular formula is C16H19FN2OS. The molecule has 3 rings (SSSR count). The maximum Gasteiger partial charge on any atom is 0.145 e. The SMILES string of the molecule is Cc1ncsc1CNc1ccc(F)cc1OC1CCCC1. The Kier molecular flexibility index (Phi) is 4.39. The topological polar surface area (TPSA) is 34.2 Å². The summed E-state index contributed by atoms with van der Waals surface area (Å²) in [4.78, 5) is 5.42. The van der Waals surface area contributed by atoms with Crippen LogP contribution in [0.2, 0.25) is 0 Å². The molecule has 0 aliphatic heterocycles. The van der Waals surface area contributed by atoms with Crippen LogP contribution in [-0.4, -0.2) is 11.1 Å². The molecule has 5 heteroatoms. The summed E-state index contributed by atoms with van der Waals surface area (Å²) in [6.07, 6.45) is 4.73. The minimum absolute atomic E-state index is 0.220. The number of anilines is 1. The molecule has 0 saturated heterocycles. The first-order chi connectivity index (χ1) is 10.2. The van der Waals surface area contributed by atoms with E-state index in [0.29, 0.717) is 12.3 Å². The Balaban J connectivity index is 1.72. The molecule has 0 radical (unpaired) electrons. The Morgan fingerprint density at radius 2 is 2.19 bits per heavy atom. The lowest BCUT2D eigenvalue weighted by atomic mass is 10.2. The van der Waals surface area contributed by atoms with Gasteiger partial charge in [-0.2, -0.15) is 0 Å². The predicted octanol–water partition coefficient (Wildman–Crippen LogP) is 4.52. The number of rotatable bonds is 5. The van der Waals surface area contributed by atoms with E-state index in [4.69, 9.17) is 4.74 Å². The summed E-state index contributed by atoms with van der Waals surface area (Å²) in [5.74, 6) is 0.353. The second kappa shape index (κ2) is 6.43. The average molecular weight is 306 g/mol. The maximum atomic E-state index is 13.5. The van der Waals surface area contributed by atoms with E-state index in [-0.39, 0.29) is 11.9 Å². The van der Waals surface area contributed by atoms with Crippen molar-refractivity contribution in [3.05, 3.63) is 40.1 Å². The van der Waals surface area contributed by atoms with Crippen LogP contribution in [0.3, 0.4) is 0 Å². The Hall–Kier alpha value is -1.62. The Morgan fingerprint density at radius 1 is 1.38 bits per heavy atom. The lowest BCUT2D eigenvalue weighted by molar-refractivity contribution is 0.210. The molecule has 0 unspecified atom stereocenters. The minimum Gasteiger partial charge on any atom is -0.488 e. The standard InChI is InChI=1S/C16H19FN2OS/c1-11-16(21-10-19-11)9-18-14-7-6-12(17)8-15(14)20-13-4-2-3-5-13/h6-8,10,13,18H,2-5,9H2,1H3. The molecule has 112 valence electrons.